The van der Waals surface area contributed by atoms with Crippen LogP contribution in [0.1, 0.15) is 24.5 Å². The first-order chi connectivity index (χ1) is 7.83. The summed E-state index contributed by atoms with van der Waals surface area (Å²) in [5, 5.41) is 0. The standard InChI is InChI=1S/C12H12N4/c13-11-6-10(8-3-4-8)15-12(16-11)9-2-1-5-14-7-9/h1-2,5-8H,3-4H2,(H2,13,15,16). The van der Waals surface area contributed by atoms with E-state index in [1.54, 1.807) is 12.4 Å². The third-order valence-corrected chi connectivity index (χ3v) is 2.68. The zero-order valence-electron chi connectivity index (χ0n) is 8.80. The number of hydrogen-bond acceptors (Lipinski definition) is 4. The Morgan fingerprint density at radius 3 is 2.81 bits per heavy atom. The van der Waals surface area contributed by atoms with Gasteiger partial charge in [-0.3, -0.25) is 4.98 Å². The number of nitrogen functional groups attached to an aromatic ring is 1. The molecule has 80 valence electrons. The molecule has 2 aromatic rings. The van der Waals surface area contributed by atoms with Crippen LogP contribution in [-0.2, 0) is 0 Å². The topological polar surface area (TPSA) is 64.7 Å². The van der Waals surface area contributed by atoms with Crippen molar-refractivity contribution in [2.24, 2.45) is 0 Å². The lowest BCUT2D eigenvalue weighted by Crippen LogP contribution is -1.99. The lowest BCUT2D eigenvalue weighted by Gasteiger charge is -2.04. The molecule has 4 heteroatoms. The molecule has 16 heavy (non-hydrogen) atoms. The maximum Gasteiger partial charge on any atom is 0.163 e. The van der Waals surface area contributed by atoms with Gasteiger partial charge in [0.2, 0.25) is 0 Å². The van der Waals surface area contributed by atoms with Crippen LogP contribution in [0, 0.1) is 0 Å². The van der Waals surface area contributed by atoms with Crippen molar-refractivity contribution in [2.45, 2.75) is 18.8 Å². The van der Waals surface area contributed by atoms with Crippen LogP contribution in [0.4, 0.5) is 5.82 Å². The number of nitrogens with two attached hydrogens (primary N) is 1. The highest BCUT2D eigenvalue weighted by molar-refractivity contribution is 5.55. The smallest absolute Gasteiger partial charge is 0.163 e. The summed E-state index contributed by atoms with van der Waals surface area (Å²) in [5.41, 5.74) is 7.77. The van der Waals surface area contributed by atoms with E-state index in [0.29, 0.717) is 17.6 Å². The molecule has 1 aliphatic carbocycles. The molecule has 0 unspecified atom stereocenters. The molecule has 1 saturated carbocycles. The van der Waals surface area contributed by atoms with Crippen LogP contribution in [0.5, 0.6) is 0 Å². The number of aromatic nitrogens is 3. The molecule has 2 aromatic heterocycles. The van der Waals surface area contributed by atoms with Gasteiger partial charge in [-0.15, -0.1) is 0 Å². The van der Waals surface area contributed by atoms with Crippen LogP contribution in [0.2, 0.25) is 0 Å². The minimum atomic E-state index is 0.538. The number of nitrogens with zero attached hydrogens (tertiary/aromatic N) is 3. The summed E-state index contributed by atoms with van der Waals surface area (Å²) < 4.78 is 0. The van der Waals surface area contributed by atoms with Gasteiger partial charge in [0.1, 0.15) is 5.82 Å². The molecule has 4 nitrogen and oxygen atoms in total. The van der Waals surface area contributed by atoms with E-state index in [1.165, 1.54) is 12.8 Å². The van der Waals surface area contributed by atoms with Crippen LogP contribution in [-0.4, -0.2) is 15.0 Å². The summed E-state index contributed by atoms with van der Waals surface area (Å²) in [7, 11) is 0. The Bertz CT molecular complexity index is 506. The third-order valence-electron chi connectivity index (χ3n) is 2.68. The van der Waals surface area contributed by atoms with Gasteiger partial charge < -0.3 is 5.73 Å². The molecule has 1 fully saturated rings. The van der Waals surface area contributed by atoms with Gasteiger partial charge in [0.25, 0.3) is 0 Å². The molecule has 0 spiro atoms. The number of anilines is 1. The molecular formula is C12H12N4. The number of hydrogen-bond donors (Lipinski definition) is 1. The first-order valence-electron chi connectivity index (χ1n) is 5.38. The first-order valence-corrected chi connectivity index (χ1v) is 5.38. The summed E-state index contributed by atoms with van der Waals surface area (Å²) in [6, 6.07) is 5.69. The van der Waals surface area contributed by atoms with Gasteiger partial charge in [-0.05, 0) is 25.0 Å². The Morgan fingerprint density at radius 2 is 2.12 bits per heavy atom. The van der Waals surface area contributed by atoms with Crippen LogP contribution in [0.25, 0.3) is 11.4 Å². The molecule has 0 amide bonds. The molecule has 0 radical (unpaired) electrons. The van der Waals surface area contributed by atoms with E-state index < -0.39 is 0 Å². The highest BCUT2D eigenvalue weighted by atomic mass is 15.0. The monoisotopic (exact) mass is 212 g/mol. The van der Waals surface area contributed by atoms with Crippen molar-refractivity contribution in [3.63, 3.8) is 0 Å². The Kier molecular flexibility index (Phi) is 2.06. The van der Waals surface area contributed by atoms with Crippen LogP contribution in [0.15, 0.2) is 30.6 Å². The van der Waals surface area contributed by atoms with Crippen molar-refractivity contribution in [3.8, 4) is 11.4 Å². The van der Waals surface area contributed by atoms with Crippen LogP contribution >= 0.6 is 0 Å². The SMILES string of the molecule is Nc1cc(C2CC2)nc(-c2cccnc2)n1. The number of rotatable bonds is 2. The average Bonchev–Trinajstić information content (AvgIpc) is 3.13. The Morgan fingerprint density at radius 1 is 1.25 bits per heavy atom. The fraction of sp³-hybridized carbons (Fsp3) is 0.250. The Balaban J connectivity index is 2.06. The minimum absolute atomic E-state index is 0.538. The lowest BCUT2D eigenvalue weighted by molar-refractivity contribution is 0.997. The van der Waals surface area contributed by atoms with E-state index in [2.05, 4.69) is 15.0 Å². The molecule has 0 aliphatic heterocycles. The van der Waals surface area contributed by atoms with Gasteiger partial charge in [-0.2, -0.15) is 0 Å². The molecule has 2 heterocycles. The number of pyridine rings is 1. The molecule has 0 aromatic carbocycles. The van der Waals surface area contributed by atoms with Crippen molar-refractivity contribution < 1.29 is 0 Å². The summed E-state index contributed by atoms with van der Waals surface area (Å²) >= 11 is 0. The fourth-order valence-electron chi connectivity index (χ4n) is 1.70. The van der Waals surface area contributed by atoms with Gasteiger partial charge in [0.15, 0.2) is 5.82 Å². The minimum Gasteiger partial charge on any atom is -0.384 e. The summed E-state index contributed by atoms with van der Waals surface area (Å²) in [6.45, 7) is 0. The zero-order chi connectivity index (χ0) is 11.0. The highest BCUT2D eigenvalue weighted by Gasteiger charge is 2.26. The molecule has 0 saturated heterocycles. The van der Waals surface area contributed by atoms with Crippen molar-refractivity contribution >= 4 is 5.82 Å². The summed E-state index contributed by atoms with van der Waals surface area (Å²) in [5.74, 6) is 1.80. The van der Waals surface area contributed by atoms with E-state index in [-0.39, 0.29) is 0 Å². The second kappa shape index (κ2) is 3.56. The van der Waals surface area contributed by atoms with E-state index in [1.807, 2.05) is 18.2 Å². The molecule has 1 aliphatic rings. The molecule has 0 atom stereocenters. The van der Waals surface area contributed by atoms with E-state index in [9.17, 15) is 0 Å². The molecular weight excluding hydrogens is 200 g/mol. The quantitative estimate of drug-likeness (QED) is 0.826. The normalized spacial score (nSPS) is 15.0. The van der Waals surface area contributed by atoms with E-state index >= 15 is 0 Å². The third kappa shape index (κ3) is 1.74. The maximum atomic E-state index is 5.79. The van der Waals surface area contributed by atoms with E-state index in [0.717, 1.165) is 11.3 Å². The van der Waals surface area contributed by atoms with Crippen LogP contribution < -0.4 is 5.73 Å². The summed E-state index contributed by atoms with van der Waals surface area (Å²) in [4.78, 5) is 12.8. The predicted octanol–water partition coefficient (Wildman–Crippen LogP) is 2.00. The Hall–Kier alpha value is -1.97. The second-order valence-corrected chi connectivity index (χ2v) is 4.06. The average molecular weight is 212 g/mol. The van der Waals surface area contributed by atoms with Gasteiger partial charge in [0, 0.05) is 35.6 Å². The van der Waals surface area contributed by atoms with E-state index in [4.69, 9.17) is 5.73 Å². The first kappa shape index (κ1) is 9.27. The highest BCUT2D eigenvalue weighted by Crippen LogP contribution is 2.39. The summed E-state index contributed by atoms with van der Waals surface area (Å²) in [6.07, 6.45) is 5.91. The lowest BCUT2D eigenvalue weighted by atomic mass is 10.2. The largest absolute Gasteiger partial charge is 0.384 e. The van der Waals surface area contributed by atoms with Gasteiger partial charge >= 0.3 is 0 Å². The molecule has 0 bridgehead atoms. The van der Waals surface area contributed by atoms with Gasteiger partial charge in [0.05, 0.1) is 0 Å². The van der Waals surface area contributed by atoms with Crippen molar-refractivity contribution in [1.29, 1.82) is 0 Å². The second-order valence-electron chi connectivity index (χ2n) is 4.06. The van der Waals surface area contributed by atoms with Gasteiger partial charge in [-0.1, -0.05) is 0 Å². The Labute approximate surface area is 93.6 Å². The van der Waals surface area contributed by atoms with Crippen LogP contribution in [0.3, 0.4) is 0 Å². The maximum absolute atomic E-state index is 5.79. The molecule has 2 N–H and O–H groups in total. The zero-order valence-corrected chi connectivity index (χ0v) is 8.80. The van der Waals surface area contributed by atoms with Crippen molar-refractivity contribution in [3.05, 3.63) is 36.3 Å². The molecule has 3 rings (SSSR count). The predicted molar refractivity (Wildman–Crippen MR) is 61.7 cm³/mol. The fourth-order valence-corrected chi connectivity index (χ4v) is 1.70. The van der Waals surface area contributed by atoms with Gasteiger partial charge in [-0.25, -0.2) is 9.97 Å². The van der Waals surface area contributed by atoms with Crippen molar-refractivity contribution in [1.82, 2.24) is 15.0 Å². The van der Waals surface area contributed by atoms with Crippen molar-refractivity contribution in [2.75, 3.05) is 5.73 Å².